The molecule has 0 saturated carbocycles. The molecule has 1 atom stereocenters. The predicted octanol–water partition coefficient (Wildman–Crippen LogP) is 5.46. The molecule has 0 bridgehead atoms. The number of carbonyl (C=O) groups is 3. The van der Waals surface area contributed by atoms with Gasteiger partial charge in [-0.3, -0.25) is 19.3 Å². The van der Waals surface area contributed by atoms with Crippen LogP contribution in [-0.4, -0.2) is 98.0 Å². The molecule has 11 nitrogen and oxygen atoms in total. The Morgan fingerprint density at radius 3 is 2.61 bits per heavy atom. The molecule has 0 radical (unpaired) electrons. The van der Waals surface area contributed by atoms with Crippen LogP contribution in [0.5, 0.6) is 0 Å². The van der Waals surface area contributed by atoms with Crippen LogP contribution in [0.4, 0.5) is 5.69 Å². The Bertz CT molecular complexity index is 1660. The lowest BCUT2D eigenvalue weighted by Gasteiger charge is -2.30. The number of Topliss-reactive ketones (excluding diaryl/α,β-unsaturated/α-hetero) is 1. The lowest BCUT2D eigenvalue weighted by molar-refractivity contribution is -0.147. The normalized spacial score (nSPS) is 19.5. The summed E-state index contributed by atoms with van der Waals surface area (Å²) in [7, 11) is -1.18. The molecule has 1 N–H and O–H groups in total. The van der Waals surface area contributed by atoms with E-state index in [1.54, 1.807) is 6.92 Å². The van der Waals surface area contributed by atoms with Crippen molar-refractivity contribution in [3.8, 4) is 11.4 Å². The van der Waals surface area contributed by atoms with Crippen LogP contribution in [0.3, 0.4) is 0 Å². The molecule has 1 amide bonds. The first-order chi connectivity index (χ1) is 23.5. The number of nitrogens with one attached hydrogen (secondary N) is 1. The predicted molar refractivity (Wildman–Crippen MR) is 193 cm³/mol. The van der Waals surface area contributed by atoms with Crippen molar-refractivity contribution in [1.29, 1.82) is 0 Å². The summed E-state index contributed by atoms with van der Waals surface area (Å²) < 4.78 is 18.9. The maximum Gasteiger partial charge on any atom is 0.307 e. The molecule has 1 fully saturated rings. The Labute approximate surface area is 290 Å². The molecule has 6 rings (SSSR count). The molecule has 49 heavy (non-hydrogen) atoms. The number of rotatable bonds is 15. The third-order valence-electron chi connectivity index (χ3n) is 10.2. The number of anilines is 1. The first-order valence-corrected chi connectivity index (χ1v) is 21.9. The van der Waals surface area contributed by atoms with Crippen LogP contribution in [0.25, 0.3) is 22.3 Å². The number of ether oxygens (including phenoxy) is 3. The van der Waals surface area contributed by atoms with Gasteiger partial charge in [-0.2, -0.15) is 5.10 Å². The van der Waals surface area contributed by atoms with E-state index in [2.05, 4.69) is 41.8 Å². The minimum absolute atomic E-state index is 0.0225. The quantitative estimate of drug-likeness (QED) is 0.127. The zero-order valence-corrected chi connectivity index (χ0v) is 31.0. The van der Waals surface area contributed by atoms with Gasteiger partial charge >= 0.3 is 5.97 Å². The van der Waals surface area contributed by atoms with Gasteiger partial charge in [0.05, 0.1) is 37.4 Å². The van der Waals surface area contributed by atoms with Gasteiger partial charge in [-0.05, 0) is 67.5 Å². The van der Waals surface area contributed by atoms with E-state index in [-0.39, 0.29) is 31.1 Å². The van der Waals surface area contributed by atoms with Crippen LogP contribution in [0, 0.1) is 0 Å². The fourth-order valence-electron chi connectivity index (χ4n) is 7.61. The van der Waals surface area contributed by atoms with Crippen LogP contribution in [0.2, 0.25) is 25.7 Å². The van der Waals surface area contributed by atoms with E-state index in [4.69, 9.17) is 19.3 Å². The third kappa shape index (κ3) is 7.57. The molecule has 2 aliphatic heterocycles. The summed E-state index contributed by atoms with van der Waals surface area (Å²) in [6.45, 7) is 16.2. The van der Waals surface area contributed by atoms with E-state index >= 15 is 0 Å². The molecule has 1 saturated heterocycles. The second-order valence-electron chi connectivity index (χ2n) is 15.1. The smallest absolute Gasteiger partial charge is 0.307 e. The second-order valence-corrected chi connectivity index (χ2v) is 20.7. The minimum Gasteiger partial charge on any atom is -0.466 e. The van der Waals surface area contributed by atoms with E-state index < -0.39 is 19.5 Å². The lowest BCUT2D eigenvalue weighted by atomic mass is 9.74. The van der Waals surface area contributed by atoms with Crippen molar-refractivity contribution >= 4 is 42.3 Å². The van der Waals surface area contributed by atoms with Gasteiger partial charge in [-0.15, -0.1) is 0 Å². The van der Waals surface area contributed by atoms with Gasteiger partial charge in [-0.1, -0.05) is 26.6 Å². The Morgan fingerprint density at radius 1 is 1.08 bits per heavy atom. The van der Waals surface area contributed by atoms with Gasteiger partial charge in [0.25, 0.3) is 0 Å². The van der Waals surface area contributed by atoms with Crippen molar-refractivity contribution in [2.45, 2.75) is 96.6 Å². The summed E-state index contributed by atoms with van der Waals surface area (Å²) in [6.07, 6.45) is 5.72. The number of esters is 1. The van der Waals surface area contributed by atoms with Crippen molar-refractivity contribution in [3.05, 3.63) is 35.0 Å². The summed E-state index contributed by atoms with van der Waals surface area (Å²) in [5.41, 5.74) is 5.38. The zero-order chi connectivity index (χ0) is 34.8. The fourth-order valence-corrected chi connectivity index (χ4v) is 8.36. The number of hydrogen-bond acceptors (Lipinski definition) is 8. The van der Waals surface area contributed by atoms with Crippen molar-refractivity contribution < 1.29 is 28.6 Å². The van der Waals surface area contributed by atoms with Crippen LogP contribution in [-0.2, 0) is 53.6 Å². The third-order valence-corrected chi connectivity index (χ3v) is 11.9. The van der Waals surface area contributed by atoms with Crippen molar-refractivity contribution in [1.82, 2.24) is 19.7 Å². The number of morpholine rings is 1. The highest BCUT2D eigenvalue weighted by atomic mass is 28.3. The molecule has 12 heteroatoms. The maximum atomic E-state index is 14.7. The molecule has 266 valence electrons. The van der Waals surface area contributed by atoms with Gasteiger partial charge in [0.15, 0.2) is 0 Å². The molecule has 2 aromatic heterocycles. The molecular formula is C37H53N5O6Si. The molecule has 3 aromatic rings. The Hall–Kier alpha value is -3.32. The average molecular weight is 692 g/mol. The Morgan fingerprint density at radius 2 is 1.88 bits per heavy atom. The van der Waals surface area contributed by atoms with E-state index in [1.165, 1.54) is 11.1 Å². The van der Waals surface area contributed by atoms with E-state index in [1.807, 2.05) is 22.6 Å². The SMILES string of the molecule is CCCC(=O)CC1(CC(=O)OCC)C(=O)N(CCN2CCOCC2)c2cc3c4c([nH]c3cc21)-c1nn(COCC[Si](C)(C)C)cc1CCC4. The van der Waals surface area contributed by atoms with Crippen LogP contribution in [0.1, 0.15) is 62.6 Å². The van der Waals surface area contributed by atoms with Crippen molar-refractivity contribution in [3.63, 3.8) is 0 Å². The number of amides is 1. The second kappa shape index (κ2) is 14.9. The van der Waals surface area contributed by atoms with Crippen LogP contribution >= 0.6 is 0 Å². The highest BCUT2D eigenvalue weighted by molar-refractivity contribution is 6.76. The highest BCUT2D eigenvalue weighted by Gasteiger charge is 2.53. The fraction of sp³-hybridized carbons (Fsp3) is 0.622. The topological polar surface area (TPSA) is 119 Å². The first-order valence-electron chi connectivity index (χ1n) is 18.2. The largest absolute Gasteiger partial charge is 0.466 e. The monoisotopic (exact) mass is 691 g/mol. The van der Waals surface area contributed by atoms with Crippen molar-refractivity contribution in [2.75, 3.05) is 57.5 Å². The van der Waals surface area contributed by atoms with Gasteiger partial charge in [0.1, 0.15) is 18.2 Å². The molecule has 1 aliphatic carbocycles. The molecule has 0 spiro atoms. The van der Waals surface area contributed by atoms with Gasteiger partial charge < -0.3 is 24.1 Å². The number of ketones is 1. The number of H-pyrrole nitrogens is 1. The molecule has 3 aliphatic rings. The number of aromatic nitrogens is 3. The van der Waals surface area contributed by atoms with E-state index in [9.17, 15) is 14.4 Å². The molecule has 4 heterocycles. The number of nitrogens with zero attached hydrogens (tertiary/aromatic N) is 4. The molecule has 1 unspecified atom stereocenters. The van der Waals surface area contributed by atoms with Gasteiger partial charge in [0, 0.05) is 76.5 Å². The zero-order valence-electron chi connectivity index (χ0n) is 30.0. The summed E-state index contributed by atoms with van der Waals surface area (Å²) in [4.78, 5) is 49.1. The maximum absolute atomic E-state index is 14.7. The van der Waals surface area contributed by atoms with E-state index in [0.717, 1.165) is 78.5 Å². The Balaban J connectivity index is 1.41. The summed E-state index contributed by atoms with van der Waals surface area (Å²) >= 11 is 0. The number of hydrogen-bond donors (Lipinski definition) is 1. The standard InChI is InChI=1S/C37H53N5O6Si/c1-6-9-27(43)22-37(23-33(44)48-7-2)30-21-31-29(20-32(30)42(36(37)45)13-12-40-14-16-46-17-15-40)28-11-8-10-26-24-41(39-34(26)35(28)38-31)25-47-18-19-49(3,4)5/h20-21,24,38H,6-19,22-23,25H2,1-5H3. The molecular weight excluding hydrogens is 639 g/mol. The lowest BCUT2D eigenvalue weighted by Crippen LogP contribution is -2.47. The number of carbonyl (C=O) groups excluding carboxylic acids is 3. The molecule has 1 aromatic carbocycles. The number of fused-ring (bicyclic) bond motifs is 6. The summed E-state index contributed by atoms with van der Waals surface area (Å²) in [5, 5.41) is 6.06. The number of aryl methyl sites for hydroxylation is 2. The number of aromatic amines is 1. The van der Waals surface area contributed by atoms with Crippen LogP contribution in [0.15, 0.2) is 18.3 Å². The van der Waals surface area contributed by atoms with Crippen molar-refractivity contribution in [2.24, 2.45) is 0 Å². The highest BCUT2D eigenvalue weighted by Crippen LogP contribution is 2.50. The van der Waals surface area contributed by atoms with Crippen LogP contribution < -0.4 is 4.90 Å². The first kappa shape index (κ1) is 35.5. The van der Waals surface area contributed by atoms with Gasteiger partial charge in [0.2, 0.25) is 5.91 Å². The Kier molecular flexibility index (Phi) is 10.8. The summed E-state index contributed by atoms with van der Waals surface area (Å²) in [6, 6.07) is 5.26. The number of benzene rings is 1. The average Bonchev–Trinajstić information content (AvgIpc) is 3.64. The van der Waals surface area contributed by atoms with Gasteiger partial charge in [-0.25, -0.2) is 4.68 Å². The summed E-state index contributed by atoms with van der Waals surface area (Å²) in [5.74, 6) is -0.682. The van der Waals surface area contributed by atoms with E-state index in [0.29, 0.717) is 45.9 Å². The minimum atomic E-state index is -1.32.